The van der Waals surface area contributed by atoms with E-state index in [0.29, 0.717) is 6.07 Å². The predicted molar refractivity (Wildman–Crippen MR) is 68.4 cm³/mol. The van der Waals surface area contributed by atoms with Gasteiger partial charge in [-0.3, -0.25) is 4.72 Å². The Balaban J connectivity index is 2.31. The maximum absolute atomic E-state index is 13.0. The highest BCUT2D eigenvalue weighted by Crippen LogP contribution is 2.17. The van der Waals surface area contributed by atoms with Crippen LogP contribution in [0.2, 0.25) is 0 Å². The topological polar surface area (TPSA) is 96.4 Å². The van der Waals surface area contributed by atoms with Crippen LogP contribution in [0.15, 0.2) is 41.6 Å². The van der Waals surface area contributed by atoms with E-state index in [1.807, 2.05) is 4.72 Å². The molecule has 110 valence electrons. The van der Waals surface area contributed by atoms with Gasteiger partial charge in [0.2, 0.25) is 0 Å². The molecule has 0 bridgehead atoms. The van der Waals surface area contributed by atoms with Crippen molar-refractivity contribution in [1.29, 1.82) is 0 Å². The van der Waals surface area contributed by atoms with E-state index in [1.165, 1.54) is 0 Å². The van der Waals surface area contributed by atoms with Gasteiger partial charge in [0.15, 0.2) is 5.03 Å². The summed E-state index contributed by atoms with van der Waals surface area (Å²) < 4.78 is 51.8. The molecule has 2 aromatic rings. The summed E-state index contributed by atoms with van der Waals surface area (Å²) in [6.07, 6.45) is 0.864. The van der Waals surface area contributed by atoms with Crippen molar-refractivity contribution in [3.63, 3.8) is 0 Å². The standard InChI is InChI=1S/C12H8F2N2O4S/c13-8-3-9(14)5-10(4-8)16-21(19,20)11-2-1-7(6-15-11)12(17)18/h1-6,16H,(H,17,18). The minimum Gasteiger partial charge on any atom is -0.478 e. The van der Waals surface area contributed by atoms with Crippen LogP contribution in [0.25, 0.3) is 0 Å². The zero-order valence-electron chi connectivity index (χ0n) is 10.2. The lowest BCUT2D eigenvalue weighted by atomic mass is 10.3. The molecule has 0 saturated heterocycles. The van der Waals surface area contributed by atoms with Crippen LogP contribution in [-0.2, 0) is 10.0 Å². The monoisotopic (exact) mass is 314 g/mol. The summed E-state index contributed by atoms with van der Waals surface area (Å²) in [5.41, 5.74) is -0.498. The van der Waals surface area contributed by atoms with Gasteiger partial charge in [-0.05, 0) is 24.3 Å². The molecular weight excluding hydrogens is 306 g/mol. The number of nitrogens with one attached hydrogen (secondary N) is 1. The third-order valence-electron chi connectivity index (χ3n) is 2.37. The van der Waals surface area contributed by atoms with Crippen molar-refractivity contribution >= 4 is 21.7 Å². The SMILES string of the molecule is O=C(O)c1ccc(S(=O)(=O)Nc2cc(F)cc(F)c2)nc1. The fraction of sp³-hybridized carbons (Fsp3) is 0. The molecule has 1 aromatic heterocycles. The third kappa shape index (κ3) is 3.51. The van der Waals surface area contributed by atoms with E-state index >= 15 is 0 Å². The van der Waals surface area contributed by atoms with Crippen LogP contribution in [-0.4, -0.2) is 24.5 Å². The number of carboxylic acid groups (broad SMARTS) is 1. The maximum Gasteiger partial charge on any atom is 0.337 e. The molecule has 0 spiro atoms. The predicted octanol–water partition coefficient (Wildman–Crippen LogP) is 1.86. The zero-order valence-corrected chi connectivity index (χ0v) is 11.1. The number of hydrogen-bond acceptors (Lipinski definition) is 4. The van der Waals surface area contributed by atoms with Crippen molar-refractivity contribution < 1.29 is 27.1 Å². The minimum absolute atomic E-state index is 0.189. The van der Waals surface area contributed by atoms with Crippen molar-refractivity contribution in [2.45, 2.75) is 5.03 Å². The number of carboxylic acids is 1. The van der Waals surface area contributed by atoms with E-state index < -0.39 is 32.7 Å². The maximum atomic E-state index is 13.0. The van der Waals surface area contributed by atoms with E-state index in [4.69, 9.17) is 5.11 Å². The molecule has 1 heterocycles. The second-order valence-corrected chi connectivity index (χ2v) is 5.58. The summed E-state index contributed by atoms with van der Waals surface area (Å²) >= 11 is 0. The van der Waals surface area contributed by atoms with Crippen molar-refractivity contribution in [3.8, 4) is 0 Å². The van der Waals surface area contributed by atoms with E-state index in [1.54, 1.807) is 0 Å². The van der Waals surface area contributed by atoms with Crippen LogP contribution in [0, 0.1) is 11.6 Å². The summed E-state index contributed by atoms with van der Waals surface area (Å²) in [4.78, 5) is 14.1. The first-order valence-corrected chi connectivity index (χ1v) is 6.94. The van der Waals surface area contributed by atoms with E-state index in [9.17, 15) is 22.0 Å². The van der Waals surface area contributed by atoms with Crippen LogP contribution in [0.4, 0.5) is 14.5 Å². The molecule has 0 unspecified atom stereocenters. The lowest BCUT2D eigenvalue weighted by Crippen LogP contribution is -2.15. The second kappa shape index (κ2) is 5.44. The Morgan fingerprint density at radius 1 is 1.14 bits per heavy atom. The largest absolute Gasteiger partial charge is 0.478 e. The Morgan fingerprint density at radius 2 is 1.76 bits per heavy atom. The smallest absolute Gasteiger partial charge is 0.337 e. The average Bonchev–Trinajstić information content (AvgIpc) is 2.37. The van der Waals surface area contributed by atoms with Gasteiger partial charge in [-0.2, -0.15) is 8.42 Å². The van der Waals surface area contributed by atoms with Crippen LogP contribution >= 0.6 is 0 Å². The number of aromatic carboxylic acids is 1. The summed E-state index contributed by atoms with van der Waals surface area (Å²) in [6.45, 7) is 0. The number of sulfonamides is 1. The number of benzene rings is 1. The molecule has 0 aliphatic rings. The van der Waals surface area contributed by atoms with Crippen LogP contribution in [0.5, 0.6) is 0 Å². The highest BCUT2D eigenvalue weighted by molar-refractivity contribution is 7.92. The van der Waals surface area contributed by atoms with Gasteiger partial charge in [0.25, 0.3) is 10.0 Å². The fourth-order valence-corrected chi connectivity index (χ4v) is 2.46. The van der Waals surface area contributed by atoms with Gasteiger partial charge in [0.1, 0.15) is 11.6 Å². The lowest BCUT2D eigenvalue weighted by Gasteiger charge is -2.07. The molecule has 9 heteroatoms. The number of pyridine rings is 1. The Labute approximate surface area is 118 Å². The van der Waals surface area contributed by atoms with Crippen molar-refractivity contribution in [1.82, 2.24) is 4.98 Å². The van der Waals surface area contributed by atoms with Gasteiger partial charge < -0.3 is 5.11 Å². The van der Waals surface area contributed by atoms with Gasteiger partial charge in [-0.15, -0.1) is 0 Å². The average molecular weight is 314 g/mol. The van der Waals surface area contributed by atoms with Gasteiger partial charge in [-0.1, -0.05) is 0 Å². The van der Waals surface area contributed by atoms with Gasteiger partial charge in [-0.25, -0.2) is 18.6 Å². The van der Waals surface area contributed by atoms with E-state index in [2.05, 4.69) is 4.98 Å². The summed E-state index contributed by atoms with van der Waals surface area (Å²) in [5, 5.41) is 8.21. The molecule has 0 aliphatic heterocycles. The van der Waals surface area contributed by atoms with Crippen molar-refractivity contribution in [2.75, 3.05) is 4.72 Å². The number of carbonyl (C=O) groups is 1. The number of rotatable bonds is 4. The van der Waals surface area contributed by atoms with Crippen LogP contribution < -0.4 is 4.72 Å². The highest BCUT2D eigenvalue weighted by atomic mass is 32.2. The van der Waals surface area contributed by atoms with Gasteiger partial charge >= 0.3 is 5.97 Å². The van der Waals surface area contributed by atoms with Crippen molar-refractivity contribution in [2.24, 2.45) is 0 Å². The molecule has 1 aromatic carbocycles. The van der Waals surface area contributed by atoms with Crippen molar-refractivity contribution in [3.05, 3.63) is 53.7 Å². The quantitative estimate of drug-likeness (QED) is 0.898. The first kappa shape index (κ1) is 14.9. The Kier molecular flexibility index (Phi) is 3.85. The molecule has 2 N–H and O–H groups in total. The van der Waals surface area contributed by atoms with Crippen LogP contribution in [0.3, 0.4) is 0 Å². The Morgan fingerprint density at radius 3 is 2.24 bits per heavy atom. The molecule has 0 aliphatic carbocycles. The molecule has 0 radical (unpaired) electrons. The Bertz CT molecular complexity index is 771. The summed E-state index contributed by atoms with van der Waals surface area (Å²) in [7, 11) is -4.18. The molecule has 0 atom stereocenters. The number of nitrogens with zero attached hydrogens (tertiary/aromatic N) is 1. The second-order valence-electron chi connectivity index (χ2n) is 3.95. The van der Waals surface area contributed by atoms with Gasteiger partial charge in [0, 0.05) is 12.3 Å². The molecule has 0 fully saturated rings. The Hall–Kier alpha value is -2.55. The minimum atomic E-state index is -4.18. The summed E-state index contributed by atoms with van der Waals surface area (Å²) in [5.74, 6) is -3.14. The van der Waals surface area contributed by atoms with E-state index in [0.717, 1.165) is 30.5 Å². The first-order valence-electron chi connectivity index (χ1n) is 5.46. The van der Waals surface area contributed by atoms with E-state index in [-0.39, 0.29) is 11.3 Å². The number of halogens is 2. The number of hydrogen-bond donors (Lipinski definition) is 2. The van der Waals surface area contributed by atoms with Crippen LogP contribution in [0.1, 0.15) is 10.4 Å². The van der Waals surface area contributed by atoms with Gasteiger partial charge in [0.05, 0.1) is 11.3 Å². The molecule has 2 rings (SSSR count). The summed E-state index contributed by atoms with van der Waals surface area (Å²) in [6, 6.07) is 4.22. The normalized spacial score (nSPS) is 11.1. The molecule has 6 nitrogen and oxygen atoms in total. The number of aromatic nitrogens is 1. The zero-order chi connectivity index (χ0) is 15.6. The molecule has 21 heavy (non-hydrogen) atoms. The lowest BCUT2D eigenvalue weighted by molar-refractivity contribution is 0.0696. The highest BCUT2D eigenvalue weighted by Gasteiger charge is 2.17. The third-order valence-corrected chi connectivity index (χ3v) is 3.67. The first-order chi connectivity index (χ1) is 9.78. The number of anilines is 1. The molecule has 0 amide bonds. The fourth-order valence-electron chi connectivity index (χ4n) is 1.49. The molecule has 0 saturated carbocycles. The molecular formula is C12H8F2N2O4S.